The normalized spacial score (nSPS) is 10.8. The van der Waals surface area contributed by atoms with Crippen LogP contribution in [0, 0.1) is 11.6 Å². The van der Waals surface area contributed by atoms with Crippen LogP contribution in [-0.4, -0.2) is 16.1 Å². The SMILES string of the molecule is NCCCn1ccnc1-c1cc(F)cc(F)c1. The molecule has 17 heavy (non-hydrogen) atoms. The van der Waals surface area contributed by atoms with E-state index in [0.717, 1.165) is 12.5 Å². The molecule has 0 saturated heterocycles. The zero-order valence-electron chi connectivity index (χ0n) is 9.24. The Kier molecular flexibility index (Phi) is 3.49. The predicted molar refractivity (Wildman–Crippen MR) is 61.3 cm³/mol. The average molecular weight is 237 g/mol. The maximum Gasteiger partial charge on any atom is 0.140 e. The van der Waals surface area contributed by atoms with Gasteiger partial charge in [-0.1, -0.05) is 0 Å². The van der Waals surface area contributed by atoms with Crippen molar-refractivity contribution in [1.82, 2.24) is 9.55 Å². The van der Waals surface area contributed by atoms with Crippen LogP contribution in [0.1, 0.15) is 6.42 Å². The van der Waals surface area contributed by atoms with E-state index in [1.807, 2.05) is 4.57 Å². The van der Waals surface area contributed by atoms with Crippen LogP contribution in [0.5, 0.6) is 0 Å². The van der Waals surface area contributed by atoms with Crippen molar-refractivity contribution in [2.45, 2.75) is 13.0 Å². The Labute approximate surface area is 97.9 Å². The van der Waals surface area contributed by atoms with Gasteiger partial charge in [-0.2, -0.15) is 0 Å². The third kappa shape index (κ3) is 2.68. The molecule has 0 aliphatic rings. The standard InChI is InChI=1S/C12H13F2N3/c13-10-6-9(7-11(14)8-10)12-16-3-5-17(12)4-1-2-15/h3,5-8H,1-2,4,15H2. The number of imidazole rings is 1. The van der Waals surface area contributed by atoms with Crippen molar-refractivity contribution in [2.24, 2.45) is 5.73 Å². The van der Waals surface area contributed by atoms with Crippen LogP contribution in [-0.2, 0) is 6.54 Å². The van der Waals surface area contributed by atoms with E-state index in [0.29, 0.717) is 24.5 Å². The Bertz CT molecular complexity index is 488. The summed E-state index contributed by atoms with van der Waals surface area (Å²) >= 11 is 0. The third-order valence-corrected chi connectivity index (χ3v) is 2.44. The lowest BCUT2D eigenvalue weighted by atomic mass is 10.2. The Morgan fingerprint density at radius 1 is 1.18 bits per heavy atom. The van der Waals surface area contributed by atoms with Gasteiger partial charge < -0.3 is 10.3 Å². The van der Waals surface area contributed by atoms with Gasteiger partial charge in [0.05, 0.1) is 0 Å². The zero-order valence-corrected chi connectivity index (χ0v) is 9.24. The van der Waals surface area contributed by atoms with Crippen LogP contribution in [0.25, 0.3) is 11.4 Å². The molecule has 0 unspecified atom stereocenters. The summed E-state index contributed by atoms with van der Waals surface area (Å²) < 4.78 is 28.0. The molecule has 1 heterocycles. The molecule has 3 nitrogen and oxygen atoms in total. The summed E-state index contributed by atoms with van der Waals surface area (Å²) in [6.45, 7) is 1.25. The number of aromatic nitrogens is 2. The lowest BCUT2D eigenvalue weighted by Gasteiger charge is -2.07. The number of hydrogen-bond donors (Lipinski definition) is 1. The summed E-state index contributed by atoms with van der Waals surface area (Å²) in [5, 5.41) is 0. The maximum absolute atomic E-state index is 13.1. The third-order valence-electron chi connectivity index (χ3n) is 2.44. The molecular formula is C12H13F2N3. The summed E-state index contributed by atoms with van der Waals surface area (Å²) in [6, 6.07) is 3.38. The number of aryl methyl sites for hydroxylation is 1. The van der Waals surface area contributed by atoms with Crippen molar-refractivity contribution in [2.75, 3.05) is 6.54 Å². The van der Waals surface area contributed by atoms with Crippen molar-refractivity contribution in [3.63, 3.8) is 0 Å². The van der Waals surface area contributed by atoms with Gasteiger partial charge in [0, 0.05) is 30.6 Å². The Morgan fingerprint density at radius 3 is 2.53 bits per heavy atom. The van der Waals surface area contributed by atoms with E-state index in [-0.39, 0.29) is 0 Å². The second-order valence-electron chi connectivity index (χ2n) is 3.74. The fourth-order valence-corrected chi connectivity index (χ4v) is 1.69. The highest BCUT2D eigenvalue weighted by Gasteiger charge is 2.08. The van der Waals surface area contributed by atoms with E-state index in [9.17, 15) is 8.78 Å². The minimum atomic E-state index is -0.603. The van der Waals surface area contributed by atoms with E-state index >= 15 is 0 Å². The second-order valence-corrected chi connectivity index (χ2v) is 3.74. The van der Waals surface area contributed by atoms with Crippen LogP contribution >= 0.6 is 0 Å². The summed E-state index contributed by atoms with van der Waals surface area (Å²) in [5.74, 6) is -0.654. The Morgan fingerprint density at radius 2 is 1.88 bits per heavy atom. The van der Waals surface area contributed by atoms with Crippen molar-refractivity contribution in [3.05, 3.63) is 42.2 Å². The van der Waals surface area contributed by atoms with Crippen LogP contribution in [0.4, 0.5) is 8.78 Å². The molecule has 0 atom stereocenters. The number of hydrogen-bond acceptors (Lipinski definition) is 2. The smallest absolute Gasteiger partial charge is 0.140 e. The van der Waals surface area contributed by atoms with Crippen molar-refractivity contribution >= 4 is 0 Å². The molecule has 0 bridgehead atoms. The second kappa shape index (κ2) is 5.05. The van der Waals surface area contributed by atoms with E-state index < -0.39 is 11.6 Å². The number of nitrogens with zero attached hydrogens (tertiary/aromatic N) is 2. The number of rotatable bonds is 4. The Balaban J connectivity index is 2.35. The van der Waals surface area contributed by atoms with Gasteiger partial charge in [0.1, 0.15) is 17.5 Å². The molecule has 0 amide bonds. The van der Waals surface area contributed by atoms with Gasteiger partial charge in [-0.3, -0.25) is 0 Å². The molecule has 2 N–H and O–H groups in total. The predicted octanol–water partition coefficient (Wildman–Crippen LogP) is 2.18. The minimum Gasteiger partial charge on any atom is -0.331 e. The molecule has 2 aromatic rings. The fourth-order valence-electron chi connectivity index (χ4n) is 1.69. The molecule has 2 rings (SSSR count). The highest BCUT2D eigenvalue weighted by molar-refractivity contribution is 5.55. The Hall–Kier alpha value is -1.75. The first kappa shape index (κ1) is 11.7. The van der Waals surface area contributed by atoms with E-state index in [1.165, 1.54) is 12.1 Å². The van der Waals surface area contributed by atoms with Crippen molar-refractivity contribution < 1.29 is 8.78 Å². The summed E-state index contributed by atoms with van der Waals surface area (Å²) in [6.07, 6.45) is 4.17. The molecule has 1 aromatic carbocycles. The van der Waals surface area contributed by atoms with Gasteiger partial charge in [0.2, 0.25) is 0 Å². The van der Waals surface area contributed by atoms with Crippen LogP contribution in [0.15, 0.2) is 30.6 Å². The van der Waals surface area contributed by atoms with Crippen molar-refractivity contribution in [1.29, 1.82) is 0 Å². The number of nitrogens with two attached hydrogens (primary N) is 1. The highest BCUT2D eigenvalue weighted by atomic mass is 19.1. The topological polar surface area (TPSA) is 43.8 Å². The molecule has 0 aliphatic carbocycles. The van der Waals surface area contributed by atoms with Crippen LogP contribution < -0.4 is 5.73 Å². The minimum absolute atomic E-state index is 0.435. The van der Waals surface area contributed by atoms with Gasteiger partial charge in [-0.05, 0) is 25.1 Å². The first-order chi connectivity index (χ1) is 8.20. The largest absolute Gasteiger partial charge is 0.331 e. The van der Waals surface area contributed by atoms with Crippen LogP contribution in [0.2, 0.25) is 0 Å². The zero-order chi connectivity index (χ0) is 12.3. The summed E-state index contributed by atoms with van der Waals surface area (Å²) in [7, 11) is 0. The lowest BCUT2D eigenvalue weighted by molar-refractivity contribution is 0.583. The van der Waals surface area contributed by atoms with E-state index in [4.69, 9.17) is 5.73 Å². The molecule has 0 saturated carbocycles. The average Bonchev–Trinajstić information content (AvgIpc) is 2.73. The summed E-state index contributed by atoms with van der Waals surface area (Å²) in [4.78, 5) is 4.11. The van der Waals surface area contributed by atoms with Gasteiger partial charge in [0.15, 0.2) is 0 Å². The lowest BCUT2D eigenvalue weighted by Crippen LogP contribution is -2.06. The molecule has 1 aromatic heterocycles. The number of benzene rings is 1. The molecule has 0 aliphatic heterocycles. The first-order valence-corrected chi connectivity index (χ1v) is 5.38. The molecule has 5 heteroatoms. The van der Waals surface area contributed by atoms with Crippen LogP contribution in [0.3, 0.4) is 0 Å². The van der Waals surface area contributed by atoms with E-state index in [2.05, 4.69) is 4.98 Å². The molecule has 0 radical (unpaired) electrons. The molecule has 0 spiro atoms. The molecular weight excluding hydrogens is 224 g/mol. The molecule has 0 fully saturated rings. The fraction of sp³-hybridized carbons (Fsp3) is 0.250. The van der Waals surface area contributed by atoms with Gasteiger partial charge in [0.25, 0.3) is 0 Å². The molecule has 90 valence electrons. The van der Waals surface area contributed by atoms with Gasteiger partial charge in [-0.25, -0.2) is 13.8 Å². The first-order valence-electron chi connectivity index (χ1n) is 5.38. The summed E-state index contributed by atoms with van der Waals surface area (Å²) in [5.41, 5.74) is 5.86. The quantitative estimate of drug-likeness (QED) is 0.885. The van der Waals surface area contributed by atoms with Gasteiger partial charge in [-0.15, -0.1) is 0 Å². The van der Waals surface area contributed by atoms with E-state index in [1.54, 1.807) is 12.4 Å². The monoisotopic (exact) mass is 237 g/mol. The van der Waals surface area contributed by atoms with Gasteiger partial charge >= 0.3 is 0 Å². The maximum atomic E-state index is 13.1. The number of halogens is 2. The highest BCUT2D eigenvalue weighted by Crippen LogP contribution is 2.20. The van der Waals surface area contributed by atoms with Crippen molar-refractivity contribution in [3.8, 4) is 11.4 Å².